The topological polar surface area (TPSA) is 80.6 Å². The Morgan fingerprint density at radius 1 is 1.00 bits per heavy atom. The molecule has 31 heavy (non-hydrogen) atoms. The van der Waals surface area contributed by atoms with E-state index < -0.39 is 11.7 Å². The lowest BCUT2D eigenvalue weighted by atomic mass is 10.1. The number of amides is 2. The summed E-state index contributed by atoms with van der Waals surface area (Å²) < 4.78 is 7.05. The van der Waals surface area contributed by atoms with Crippen LogP contribution in [0.2, 0.25) is 0 Å². The second-order valence-electron chi connectivity index (χ2n) is 7.84. The molecule has 1 saturated heterocycles. The number of ether oxygens (including phenoxy) is 1. The number of hydrogen-bond donors (Lipinski definition) is 1. The quantitative estimate of drug-likeness (QED) is 0.509. The number of aryl methyl sites for hydroxylation is 2. The summed E-state index contributed by atoms with van der Waals surface area (Å²) in [7, 11) is 0. The van der Waals surface area contributed by atoms with Gasteiger partial charge in [0.15, 0.2) is 0 Å². The van der Waals surface area contributed by atoms with Crippen LogP contribution < -0.4 is 5.32 Å². The highest BCUT2D eigenvalue weighted by molar-refractivity contribution is 6.48. The molecular formula is C24H25N3O4. The van der Waals surface area contributed by atoms with Crippen molar-refractivity contribution < 1.29 is 19.1 Å². The van der Waals surface area contributed by atoms with Crippen molar-refractivity contribution in [1.82, 2.24) is 9.47 Å². The van der Waals surface area contributed by atoms with Crippen LogP contribution in [-0.4, -0.2) is 53.4 Å². The average Bonchev–Trinajstić information content (AvgIpc) is 3.11. The molecule has 0 bridgehead atoms. The molecule has 7 nitrogen and oxygen atoms in total. The minimum absolute atomic E-state index is 0.0391. The summed E-state index contributed by atoms with van der Waals surface area (Å²) in [5.41, 5.74) is 3.61. The predicted molar refractivity (Wildman–Crippen MR) is 118 cm³/mol. The van der Waals surface area contributed by atoms with Crippen LogP contribution in [0, 0.1) is 13.8 Å². The first-order valence-electron chi connectivity index (χ1n) is 10.3. The lowest BCUT2D eigenvalue weighted by Gasteiger charge is -2.27. The van der Waals surface area contributed by atoms with Gasteiger partial charge in [-0.3, -0.25) is 14.4 Å². The van der Waals surface area contributed by atoms with Crippen LogP contribution in [0.3, 0.4) is 0 Å². The Morgan fingerprint density at radius 3 is 2.39 bits per heavy atom. The summed E-state index contributed by atoms with van der Waals surface area (Å²) in [5, 5.41) is 3.35. The number of carbonyl (C=O) groups excluding carboxylic acids is 3. The molecule has 1 N–H and O–H groups in total. The first kappa shape index (κ1) is 20.8. The smallest absolute Gasteiger partial charge is 0.296 e. The second kappa shape index (κ2) is 8.73. The third kappa shape index (κ3) is 4.51. The molecule has 0 radical (unpaired) electrons. The van der Waals surface area contributed by atoms with E-state index in [0.29, 0.717) is 37.4 Å². The van der Waals surface area contributed by atoms with Gasteiger partial charge in [-0.25, -0.2) is 0 Å². The Hall–Kier alpha value is -3.45. The zero-order chi connectivity index (χ0) is 22.0. The van der Waals surface area contributed by atoms with Gasteiger partial charge in [0.2, 0.25) is 5.91 Å². The van der Waals surface area contributed by atoms with Crippen molar-refractivity contribution in [3.63, 3.8) is 0 Å². The number of rotatable bonds is 5. The summed E-state index contributed by atoms with van der Waals surface area (Å²) in [6.07, 6.45) is 1.60. The molecule has 0 saturated carbocycles. The number of para-hydroxylation sites is 1. The Morgan fingerprint density at radius 2 is 1.68 bits per heavy atom. The van der Waals surface area contributed by atoms with E-state index in [-0.39, 0.29) is 18.0 Å². The van der Waals surface area contributed by atoms with Crippen molar-refractivity contribution in [2.45, 2.75) is 20.4 Å². The molecule has 2 heterocycles. The van der Waals surface area contributed by atoms with Crippen molar-refractivity contribution in [1.29, 1.82) is 0 Å². The highest BCUT2D eigenvalue weighted by Crippen LogP contribution is 2.23. The van der Waals surface area contributed by atoms with E-state index in [2.05, 4.69) is 5.32 Å². The summed E-state index contributed by atoms with van der Waals surface area (Å²) >= 11 is 0. The van der Waals surface area contributed by atoms with Gasteiger partial charge in [-0.05, 0) is 43.2 Å². The first-order valence-corrected chi connectivity index (χ1v) is 10.3. The van der Waals surface area contributed by atoms with Gasteiger partial charge in [-0.15, -0.1) is 0 Å². The van der Waals surface area contributed by atoms with Crippen molar-refractivity contribution in [2.75, 3.05) is 31.6 Å². The molecule has 4 rings (SSSR count). The molecule has 1 aromatic heterocycles. The van der Waals surface area contributed by atoms with E-state index in [4.69, 9.17) is 4.74 Å². The van der Waals surface area contributed by atoms with Crippen LogP contribution in [0.4, 0.5) is 5.69 Å². The molecule has 2 aromatic carbocycles. The summed E-state index contributed by atoms with van der Waals surface area (Å²) in [5.74, 6) is -1.37. The van der Waals surface area contributed by atoms with Crippen molar-refractivity contribution in [2.24, 2.45) is 0 Å². The van der Waals surface area contributed by atoms with Crippen LogP contribution >= 0.6 is 0 Å². The Labute approximate surface area is 180 Å². The summed E-state index contributed by atoms with van der Waals surface area (Å²) in [4.78, 5) is 40.2. The number of ketones is 1. The van der Waals surface area contributed by atoms with Gasteiger partial charge in [0.05, 0.1) is 18.8 Å². The summed E-state index contributed by atoms with van der Waals surface area (Å²) in [6.45, 7) is 6.14. The molecule has 2 amide bonds. The number of nitrogens with one attached hydrogen (secondary N) is 1. The van der Waals surface area contributed by atoms with Gasteiger partial charge < -0.3 is 19.5 Å². The van der Waals surface area contributed by atoms with Crippen molar-refractivity contribution in [3.8, 4) is 0 Å². The predicted octanol–water partition coefficient (Wildman–Crippen LogP) is 2.94. The van der Waals surface area contributed by atoms with E-state index in [1.54, 1.807) is 21.7 Å². The molecule has 160 valence electrons. The van der Waals surface area contributed by atoms with Gasteiger partial charge in [-0.1, -0.05) is 24.3 Å². The lowest BCUT2D eigenvalue weighted by molar-refractivity contribution is -0.135. The van der Waals surface area contributed by atoms with Gasteiger partial charge in [0.25, 0.3) is 11.7 Å². The van der Waals surface area contributed by atoms with Gasteiger partial charge >= 0.3 is 0 Å². The van der Waals surface area contributed by atoms with Gasteiger partial charge in [0, 0.05) is 35.9 Å². The van der Waals surface area contributed by atoms with Crippen LogP contribution in [0.15, 0.2) is 48.7 Å². The van der Waals surface area contributed by atoms with E-state index in [9.17, 15) is 14.4 Å². The number of morpholine rings is 1. The van der Waals surface area contributed by atoms with E-state index in [1.807, 2.05) is 50.2 Å². The summed E-state index contributed by atoms with van der Waals surface area (Å²) in [6, 6.07) is 12.9. The molecule has 7 heteroatoms. The van der Waals surface area contributed by atoms with Crippen molar-refractivity contribution >= 4 is 34.2 Å². The fourth-order valence-electron chi connectivity index (χ4n) is 3.97. The normalized spacial score (nSPS) is 13.9. The third-order valence-electron chi connectivity index (χ3n) is 5.39. The molecule has 0 atom stereocenters. The molecule has 0 spiro atoms. The third-order valence-corrected chi connectivity index (χ3v) is 5.39. The van der Waals surface area contributed by atoms with Crippen LogP contribution in [0.1, 0.15) is 21.5 Å². The van der Waals surface area contributed by atoms with Gasteiger partial charge in [-0.2, -0.15) is 0 Å². The van der Waals surface area contributed by atoms with Crippen LogP contribution in [0.5, 0.6) is 0 Å². The highest BCUT2D eigenvalue weighted by atomic mass is 16.5. The zero-order valence-corrected chi connectivity index (χ0v) is 17.7. The molecule has 0 unspecified atom stereocenters. The number of benzene rings is 2. The molecular weight excluding hydrogens is 394 g/mol. The molecule has 1 aliphatic rings. The fourth-order valence-corrected chi connectivity index (χ4v) is 3.97. The maximum Gasteiger partial charge on any atom is 0.296 e. The number of fused-ring (bicyclic) bond motifs is 1. The Bertz CT molecular complexity index is 1140. The van der Waals surface area contributed by atoms with E-state index in [0.717, 1.165) is 16.6 Å². The monoisotopic (exact) mass is 419 g/mol. The number of hydrogen-bond acceptors (Lipinski definition) is 4. The number of anilines is 1. The number of carbonyl (C=O) groups is 3. The zero-order valence-electron chi connectivity index (χ0n) is 17.7. The number of aromatic nitrogens is 1. The van der Waals surface area contributed by atoms with Crippen LogP contribution in [-0.2, 0) is 20.9 Å². The minimum Gasteiger partial charge on any atom is -0.378 e. The average molecular weight is 419 g/mol. The molecule has 0 aliphatic carbocycles. The molecule has 3 aromatic rings. The Kier molecular flexibility index (Phi) is 5.86. The molecule has 1 aliphatic heterocycles. The fraction of sp³-hybridized carbons (Fsp3) is 0.292. The SMILES string of the molecule is Cc1cc(C)cc(NC(=O)C(=O)c2cn(CC(=O)N3CCOCC3)c3ccccc23)c1. The molecule has 1 fully saturated rings. The largest absolute Gasteiger partial charge is 0.378 e. The minimum atomic E-state index is -0.701. The number of Topliss-reactive ketones (excluding diaryl/α,β-unsaturated/α-hetero) is 1. The van der Waals surface area contributed by atoms with Crippen LogP contribution in [0.25, 0.3) is 10.9 Å². The van der Waals surface area contributed by atoms with E-state index in [1.165, 1.54) is 0 Å². The standard InChI is InChI=1S/C24H25N3O4/c1-16-11-17(2)13-18(12-16)25-24(30)23(29)20-14-27(21-6-4-3-5-19(20)21)15-22(28)26-7-9-31-10-8-26/h3-6,11-14H,7-10,15H2,1-2H3,(H,25,30). The highest BCUT2D eigenvalue weighted by Gasteiger charge is 2.24. The van der Waals surface area contributed by atoms with Gasteiger partial charge in [0.1, 0.15) is 6.54 Å². The lowest BCUT2D eigenvalue weighted by Crippen LogP contribution is -2.42. The number of nitrogens with zero attached hydrogens (tertiary/aromatic N) is 2. The van der Waals surface area contributed by atoms with E-state index >= 15 is 0 Å². The first-order chi connectivity index (χ1) is 14.9. The maximum absolute atomic E-state index is 13.0. The Balaban J connectivity index is 1.59. The second-order valence-corrected chi connectivity index (χ2v) is 7.84. The maximum atomic E-state index is 13.0. The van der Waals surface area contributed by atoms with Crippen molar-refractivity contribution in [3.05, 3.63) is 65.4 Å².